The number of morpholine rings is 1. The van der Waals surface area contributed by atoms with E-state index in [0.29, 0.717) is 25.7 Å². The van der Waals surface area contributed by atoms with E-state index in [2.05, 4.69) is 10.2 Å². The van der Waals surface area contributed by atoms with Crippen LogP contribution in [0.3, 0.4) is 0 Å². The summed E-state index contributed by atoms with van der Waals surface area (Å²) in [4.78, 5) is 28.6. The van der Waals surface area contributed by atoms with Gasteiger partial charge in [-0.25, -0.2) is 0 Å². The summed E-state index contributed by atoms with van der Waals surface area (Å²) < 4.78 is 5.67. The van der Waals surface area contributed by atoms with E-state index in [1.165, 1.54) is 12.8 Å². The monoisotopic (exact) mass is 341 g/mol. The van der Waals surface area contributed by atoms with Crippen molar-refractivity contribution in [1.82, 2.24) is 15.1 Å². The molecule has 2 heterocycles. The van der Waals surface area contributed by atoms with Crippen molar-refractivity contribution >= 4 is 23.6 Å². The largest absolute Gasteiger partial charge is 0.366 e. The van der Waals surface area contributed by atoms with E-state index in [-0.39, 0.29) is 11.8 Å². The van der Waals surface area contributed by atoms with Gasteiger partial charge in [0.05, 0.1) is 13.2 Å². The Labute approximate surface area is 142 Å². The van der Waals surface area contributed by atoms with Crippen LogP contribution in [0, 0.1) is 0 Å². The highest BCUT2D eigenvalue weighted by Gasteiger charge is 2.31. The number of hydrogen-bond acceptors (Lipinski definition) is 5. The van der Waals surface area contributed by atoms with Gasteiger partial charge in [0.1, 0.15) is 6.10 Å². The van der Waals surface area contributed by atoms with Crippen molar-refractivity contribution in [1.29, 1.82) is 0 Å². The van der Waals surface area contributed by atoms with E-state index < -0.39 is 6.10 Å². The van der Waals surface area contributed by atoms with Gasteiger partial charge in [-0.2, -0.15) is 11.8 Å². The molecule has 0 bridgehead atoms. The first kappa shape index (κ1) is 17.0. The SMILES string of the molecule is O=C(CN1CCOC(C(=O)N2CCSCC2)C1)NC1CCCC1. The van der Waals surface area contributed by atoms with Gasteiger partial charge in [-0.1, -0.05) is 12.8 Å². The molecule has 2 amide bonds. The lowest BCUT2D eigenvalue weighted by Crippen LogP contribution is -2.54. The van der Waals surface area contributed by atoms with Crippen molar-refractivity contribution in [2.45, 2.75) is 37.8 Å². The molecule has 7 heteroatoms. The number of nitrogens with one attached hydrogen (secondary N) is 1. The van der Waals surface area contributed by atoms with Crippen molar-refractivity contribution in [2.75, 3.05) is 50.8 Å². The summed E-state index contributed by atoms with van der Waals surface area (Å²) in [6.07, 6.45) is 4.22. The maximum absolute atomic E-state index is 12.5. The summed E-state index contributed by atoms with van der Waals surface area (Å²) in [5.41, 5.74) is 0. The fraction of sp³-hybridized carbons (Fsp3) is 0.875. The van der Waals surface area contributed by atoms with Gasteiger partial charge in [0, 0.05) is 43.7 Å². The number of amides is 2. The second-order valence-electron chi connectivity index (χ2n) is 6.58. The first-order valence-corrected chi connectivity index (χ1v) is 9.88. The highest BCUT2D eigenvalue weighted by molar-refractivity contribution is 7.99. The van der Waals surface area contributed by atoms with Crippen LogP contribution in [0.2, 0.25) is 0 Å². The average Bonchev–Trinajstić information content (AvgIpc) is 3.08. The van der Waals surface area contributed by atoms with Crippen molar-refractivity contribution in [3.05, 3.63) is 0 Å². The molecule has 6 nitrogen and oxygen atoms in total. The molecule has 2 saturated heterocycles. The van der Waals surface area contributed by atoms with Crippen molar-refractivity contribution < 1.29 is 14.3 Å². The van der Waals surface area contributed by atoms with Gasteiger partial charge in [-0.15, -0.1) is 0 Å². The molecule has 3 rings (SSSR count). The number of hydrogen-bond donors (Lipinski definition) is 1. The van der Waals surface area contributed by atoms with E-state index in [9.17, 15) is 9.59 Å². The third kappa shape index (κ3) is 4.84. The van der Waals surface area contributed by atoms with Crippen LogP contribution in [0.1, 0.15) is 25.7 Å². The third-order valence-corrected chi connectivity index (χ3v) is 5.78. The molecule has 1 aliphatic carbocycles. The van der Waals surface area contributed by atoms with Crippen LogP contribution in [0.15, 0.2) is 0 Å². The molecule has 23 heavy (non-hydrogen) atoms. The summed E-state index contributed by atoms with van der Waals surface area (Å²) >= 11 is 1.89. The Hall–Kier alpha value is -0.790. The number of rotatable bonds is 4. The van der Waals surface area contributed by atoms with E-state index >= 15 is 0 Å². The summed E-state index contributed by atoms with van der Waals surface area (Å²) in [6, 6.07) is 0.354. The van der Waals surface area contributed by atoms with E-state index in [0.717, 1.165) is 44.0 Å². The van der Waals surface area contributed by atoms with Crippen molar-refractivity contribution in [2.24, 2.45) is 0 Å². The Morgan fingerprint density at radius 2 is 1.87 bits per heavy atom. The minimum Gasteiger partial charge on any atom is -0.366 e. The number of carbonyl (C=O) groups is 2. The molecule has 3 fully saturated rings. The van der Waals surface area contributed by atoms with E-state index in [1.807, 2.05) is 16.7 Å². The lowest BCUT2D eigenvalue weighted by molar-refractivity contribution is -0.150. The average molecular weight is 341 g/mol. The van der Waals surface area contributed by atoms with Crippen LogP contribution >= 0.6 is 11.8 Å². The minimum atomic E-state index is -0.411. The summed E-state index contributed by atoms with van der Waals surface area (Å²) in [5, 5.41) is 3.11. The summed E-state index contributed by atoms with van der Waals surface area (Å²) in [6.45, 7) is 3.77. The maximum atomic E-state index is 12.5. The van der Waals surface area contributed by atoms with Crippen LogP contribution in [-0.4, -0.2) is 84.6 Å². The van der Waals surface area contributed by atoms with E-state index in [1.54, 1.807) is 0 Å². The highest BCUT2D eigenvalue weighted by Crippen LogP contribution is 2.18. The summed E-state index contributed by atoms with van der Waals surface area (Å²) in [5.74, 6) is 2.18. The molecule has 1 N–H and O–H groups in total. The molecule has 1 unspecified atom stereocenters. The highest BCUT2D eigenvalue weighted by atomic mass is 32.2. The topological polar surface area (TPSA) is 61.9 Å². The van der Waals surface area contributed by atoms with Crippen LogP contribution in [0.5, 0.6) is 0 Å². The molecule has 0 aromatic heterocycles. The predicted octanol–water partition coefficient (Wildman–Crippen LogP) is 0.321. The predicted molar refractivity (Wildman–Crippen MR) is 90.5 cm³/mol. The van der Waals surface area contributed by atoms with Gasteiger partial charge in [0.15, 0.2) is 0 Å². The molecule has 130 valence electrons. The Bertz CT molecular complexity index is 423. The van der Waals surface area contributed by atoms with Gasteiger partial charge in [-0.05, 0) is 12.8 Å². The summed E-state index contributed by atoms with van der Waals surface area (Å²) in [7, 11) is 0. The van der Waals surface area contributed by atoms with Crippen molar-refractivity contribution in [3.63, 3.8) is 0 Å². The lowest BCUT2D eigenvalue weighted by atomic mass is 10.2. The normalized spacial score (nSPS) is 27.1. The quantitative estimate of drug-likeness (QED) is 0.798. The number of ether oxygens (including phenoxy) is 1. The van der Waals surface area contributed by atoms with Crippen LogP contribution in [0.25, 0.3) is 0 Å². The third-order valence-electron chi connectivity index (χ3n) is 4.84. The maximum Gasteiger partial charge on any atom is 0.253 e. The van der Waals surface area contributed by atoms with Gasteiger partial charge >= 0.3 is 0 Å². The standard InChI is InChI=1S/C16H27N3O3S/c20-15(17-13-3-1-2-4-13)12-18-5-8-22-14(11-18)16(21)19-6-9-23-10-7-19/h13-14H,1-12H2,(H,17,20). The molecule has 0 aromatic rings. The molecular weight excluding hydrogens is 314 g/mol. The Balaban J connectivity index is 1.45. The Morgan fingerprint density at radius 1 is 1.13 bits per heavy atom. The first-order valence-electron chi connectivity index (χ1n) is 8.72. The van der Waals surface area contributed by atoms with Crippen LogP contribution < -0.4 is 5.32 Å². The van der Waals surface area contributed by atoms with Gasteiger partial charge < -0.3 is 15.0 Å². The second-order valence-corrected chi connectivity index (χ2v) is 7.81. The molecular formula is C16H27N3O3S. The fourth-order valence-corrected chi connectivity index (χ4v) is 4.43. The molecule has 2 aliphatic heterocycles. The molecule has 1 saturated carbocycles. The zero-order valence-electron chi connectivity index (χ0n) is 13.7. The van der Waals surface area contributed by atoms with Crippen molar-refractivity contribution in [3.8, 4) is 0 Å². The van der Waals surface area contributed by atoms with E-state index in [4.69, 9.17) is 4.74 Å². The zero-order chi connectivity index (χ0) is 16.1. The van der Waals surface area contributed by atoms with Gasteiger partial charge in [-0.3, -0.25) is 14.5 Å². The van der Waals surface area contributed by atoms with Crippen LogP contribution in [-0.2, 0) is 14.3 Å². The molecule has 1 atom stereocenters. The van der Waals surface area contributed by atoms with Crippen LogP contribution in [0.4, 0.5) is 0 Å². The minimum absolute atomic E-state index is 0.0828. The van der Waals surface area contributed by atoms with Gasteiger partial charge in [0.2, 0.25) is 5.91 Å². The lowest BCUT2D eigenvalue weighted by Gasteiger charge is -2.35. The van der Waals surface area contributed by atoms with Gasteiger partial charge in [0.25, 0.3) is 5.91 Å². The number of thioether (sulfide) groups is 1. The Morgan fingerprint density at radius 3 is 2.61 bits per heavy atom. The molecule has 3 aliphatic rings. The fourth-order valence-electron chi connectivity index (χ4n) is 3.53. The smallest absolute Gasteiger partial charge is 0.253 e. The Kier molecular flexibility index (Phi) is 6.19. The zero-order valence-corrected chi connectivity index (χ0v) is 14.5. The number of nitrogens with zero attached hydrogens (tertiary/aromatic N) is 2. The molecule has 0 radical (unpaired) electrons. The molecule has 0 spiro atoms. The second kappa shape index (κ2) is 8.35. The molecule has 0 aromatic carbocycles. The first-order chi connectivity index (χ1) is 11.2. The number of carbonyl (C=O) groups excluding carboxylic acids is 2.